The van der Waals surface area contributed by atoms with Crippen LogP contribution in [0.15, 0.2) is 0 Å². The van der Waals surface area contributed by atoms with Crippen molar-refractivity contribution in [1.82, 2.24) is 5.32 Å². The first-order chi connectivity index (χ1) is 6.65. The van der Waals surface area contributed by atoms with Gasteiger partial charge in [-0.3, -0.25) is 5.32 Å². The first kappa shape index (κ1) is 11.6. The summed E-state index contributed by atoms with van der Waals surface area (Å²) in [5.74, 6) is 3.55. The maximum Gasteiger partial charge on any atom is 0.0663 e. The highest BCUT2D eigenvalue weighted by Crippen LogP contribution is 2.35. The molecule has 0 radical (unpaired) electrons. The van der Waals surface area contributed by atoms with Crippen molar-refractivity contribution >= 4 is 0 Å². The second-order valence-corrected chi connectivity index (χ2v) is 4.53. The van der Waals surface area contributed by atoms with Crippen molar-refractivity contribution in [2.24, 2.45) is 11.7 Å². The Hall–Kier alpha value is -0.520. The molecule has 0 aromatic rings. The Balaban J connectivity index is 2.56. The zero-order valence-electron chi connectivity index (χ0n) is 9.34. The number of nitrogens with one attached hydrogen (secondary N) is 1. The van der Waals surface area contributed by atoms with Crippen LogP contribution < -0.4 is 11.1 Å². The molecule has 1 aliphatic rings. The van der Waals surface area contributed by atoms with E-state index in [9.17, 15) is 0 Å². The van der Waals surface area contributed by atoms with Gasteiger partial charge in [0.05, 0.1) is 6.04 Å². The van der Waals surface area contributed by atoms with Crippen LogP contribution in [0.3, 0.4) is 0 Å². The van der Waals surface area contributed by atoms with Crippen LogP contribution in [0.25, 0.3) is 0 Å². The van der Waals surface area contributed by atoms with Crippen LogP contribution in [0.5, 0.6) is 0 Å². The number of nitrogens with two attached hydrogens (primary N) is 1. The van der Waals surface area contributed by atoms with Gasteiger partial charge in [-0.2, -0.15) is 0 Å². The maximum absolute atomic E-state index is 5.86. The molecule has 0 spiro atoms. The van der Waals surface area contributed by atoms with E-state index in [1.54, 1.807) is 0 Å². The molecule has 0 aromatic carbocycles. The highest BCUT2D eigenvalue weighted by atomic mass is 15.0. The normalized spacial score (nSPS) is 34.0. The third-order valence-corrected chi connectivity index (χ3v) is 3.45. The van der Waals surface area contributed by atoms with Crippen molar-refractivity contribution < 1.29 is 0 Å². The molecule has 1 rings (SSSR count). The summed E-state index contributed by atoms with van der Waals surface area (Å²) < 4.78 is 0. The summed E-state index contributed by atoms with van der Waals surface area (Å²) in [6.07, 6.45) is 10.3. The third-order valence-electron chi connectivity index (χ3n) is 3.45. The van der Waals surface area contributed by atoms with Crippen LogP contribution in [0.4, 0.5) is 0 Å². The van der Waals surface area contributed by atoms with Crippen LogP contribution >= 0.6 is 0 Å². The van der Waals surface area contributed by atoms with E-state index >= 15 is 0 Å². The smallest absolute Gasteiger partial charge is 0.0663 e. The molecule has 1 aliphatic carbocycles. The molecule has 0 aliphatic heterocycles. The zero-order valence-corrected chi connectivity index (χ0v) is 9.34. The Morgan fingerprint density at radius 3 is 2.86 bits per heavy atom. The Labute approximate surface area is 87.6 Å². The number of terminal acetylenes is 1. The molecule has 1 saturated carbocycles. The fraction of sp³-hybridized carbons (Fsp3) is 0.833. The van der Waals surface area contributed by atoms with E-state index in [4.69, 9.17) is 12.2 Å². The van der Waals surface area contributed by atoms with Gasteiger partial charge in [-0.05, 0) is 32.1 Å². The topological polar surface area (TPSA) is 38.0 Å². The van der Waals surface area contributed by atoms with E-state index in [2.05, 4.69) is 18.2 Å². The SMILES string of the molecule is C#CC(C)NC1(CN)CCC(CC)C1. The van der Waals surface area contributed by atoms with E-state index in [0.717, 1.165) is 5.92 Å². The van der Waals surface area contributed by atoms with Crippen LogP contribution in [0, 0.1) is 18.3 Å². The van der Waals surface area contributed by atoms with Gasteiger partial charge in [-0.1, -0.05) is 19.3 Å². The lowest BCUT2D eigenvalue weighted by Crippen LogP contribution is -2.52. The Morgan fingerprint density at radius 1 is 1.71 bits per heavy atom. The fourth-order valence-electron chi connectivity index (χ4n) is 2.46. The van der Waals surface area contributed by atoms with Gasteiger partial charge >= 0.3 is 0 Å². The predicted molar refractivity (Wildman–Crippen MR) is 60.8 cm³/mol. The van der Waals surface area contributed by atoms with Crippen molar-refractivity contribution in [3.05, 3.63) is 0 Å². The molecule has 2 heteroatoms. The maximum atomic E-state index is 5.86. The van der Waals surface area contributed by atoms with Gasteiger partial charge in [0, 0.05) is 12.1 Å². The molecular formula is C12H22N2. The molecule has 1 fully saturated rings. The molecule has 80 valence electrons. The highest BCUT2D eigenvalue weighted by molar-refractivity contribution is 5.04. The molecule has 0 saturated heterocycles. The molecule has 3 N–H and O–H groups in total. The molecule has 3 atom stereocenters. The zero-order chi connectivity index (χ0) is 10.6. The second kappa shape index (κ2) is 4.82. The lowest BCUT2D eigenvalue weighted by Gasteiger charge is -2.31. The summed E-state index contributed by atoms with van der Waals surface area (Å²) in [5.41, 5.74) is 5.98. The summed E-state index contributed by atoms with van der Waals surface area (Å²) in [6, 6.07) is 0.133. The van der Waals surface area contributed by atoms with Crippen LogP contribution in [-0.4, -0.2) is 18.1 Å². The highest BCUT2D eigenvalue weighted by Gasteiger charge is 2.37. The summed E-state index contributed by atoms with van der Waals surface area (Å²) in [5, 5.41) is 3.49. The van der Waals surface area contributed by atoms with Crippen LogP contribution in [0.1, 0.15) is 39.5 Å². The van der Waals surface area contributed by atoms with Gasteiger partial charge in [0.15, 0.2) is 0 Å². The summed E-state index contributed by atoms with van der Waals surface area (Å²) in [6.45, 7) is 4.98. The van der Waals surface area contributed by atoms with Crippen LogP contribution in [0.2, 0.25) is 0 Å². The van der Waals surface area contributed by atoms with Gasteiger partial charge in [-0.15, -0.1) is 6.42 Å². The van der Waals surface area contributed by atoms with Crippen molar-refractivity contribution in [2.75, 3.05) is 6.54 Å². The van der Waals surface area contributed by atoms with E-state index in [1.807, 2.05) is 6.92 Å². The van der Waals surface area contributed by atoms with Crippen LogP contribution in [-0.2, 0) is 0 Å². The van der Waals surface area contributed by atoms with E-state index in [0.29, 0.717) is 6.54 Å². The molecule has 0 amide bonds. The Morgan fingerprint density at radius 2 is 2.43 bits per heavy atom. The lowest BCUT2D eigenvalue weighted by atomic mass is 9.94. The summed E-state index contributed by atoms with van der Waals surface area (Å²) >= 11 is 0. The third kappa shape index (κ3) is 2.50. The van der Waals surface area contributed by atoms with Crippen molar-refractivity contribution in [3.63, 3.8) is 0 Å². The predicted octanol–water partition coefficient (Wildman–Crippen LogP) is 1.51. The fourth-order valence-corrected chi connectivity index (χ4v) is 2.46. The Bertz CT molecular complexity index is 219. The van der Waals surface area contributed by atoms with E-state index in [-0.39, 0.29) is 11.6 Å². The second-order valence-electron chi connectivity index (χ2n) is 4.53. The van der Waals surface area contributed by atoms with Gasteiger partial charge < -0.3 is 5.73 Å². The van der Waals surface area contributed by atoms with E-state index in [1.165, 1.54) is 25.7 Å². The quantitative estimate of drug-likeness (QED) is 0.666. The minimum atomic E-state index is 0.118. The monoisotopic (exact) mass is 194 g/mol. The molecule has 0 aromatic heterocycles. The molecule has 0 bridgehead atoms. The van der Waals surface area contributed by atoms with E-state index < -0.39 is 0 Å². The van der Waals surface area contributed by atoms with Gasteiger partial charge in [-0.25, -0.2) is 0 Å². The average Bonchev–Trinajstić information content (AvgIpc) is 2.62. The number of rotatable bonds is 4. The molecule has 3 unspecified atom stereocenters. The standard InChI is InChI=1S/C12H22N2/c1-4-10(3)14-12(9-13)7-6-11(5-2)8-12/h1,10-11,14H,5-9,13H2,2-3H3. The number of hydrogen-bond acceptors (Lipinski definition) is 2. The van der Waals surface area contributed by atoms with Gasteiger partial charge in [0.1, 0.15) is 0 Å². The molecular weight excluding hydrogens is 172 g/mol. The molecule has 14 heavy (non-hydrogen) atoms. The Kier molecular flexibility index (Phi) is 3.97. The summed E-state index contributed by atoms with van der Waals surface area (Å²) in [4.78, 5) is 0. The lowest BCUT2D eigenvalue weighted by molar-refractivity contribution is 0.314. The van der Waals surface area contributed by atoms with Crippen molar-refractivity contribution in [2.45, 2.75) is 51.1 Å². The summed E-state index contributed by atoms with van der Waals surface area (Å²) in [7, 11) is 0. The van der Waals surface area contributed by atoms with Crippen molar-refractivity contribution in [3.8, 4) is 12.3 Å². The van der Waals surface area contributed by atoms with Gasteiger partial charge in [0.2, 0.25) is 0 Å². The molecule has 2 nitrogen and oxygen atoms in total. The average molecular weight is 194 g/mol. The minimum Gasteiger partial charge on any atom is -0.329 e. The number of hydrogen-bond donors (Lipinski definition) is 2. The molecule has 0 heterocycles. The van der Waals surface area contributed by atoms with Gasteiger partial charge in [0.25, 0.3) is 0 Å². The first-order valence-electron chi connectivity index (χ1n) is 5.59. The van der Waals surface area contributed by atoms with Crippen molar-refractivity contribution in [1.29, 1.82) is 0 Å². The minimum absolute atomic E-state index is 0.118. The largest absolute Gasteiger partial charge is 0.329 e. The first-order valence-corrected chi connectivity index (χ1v) is 5.59.